The van der Waals surface area contributed by atoms with Gasteiger partial charge in [0.25, 0.3) is 0 Å². The molecule has 1 amide bonds. The van der Waals surface area contributed by atoms with Crippen molar-refractivity contribution in [2.45, 2.75) is 37.6 Å². The summed E-state index contributed by atoms with van der Waals surface area (Å²) in [7, 11) is -2.40. The van der Waals surface area contributed by atoms with E-state index in [9.17, 15) is 18.0 Å². The highest BCUT2D eigenvalue weighted by molar-refractivity contribution is 7.89. The molecular formula is C21H24N2O5S. The molecule has 1 aliphatic heterocycles. The highest BCUT2D eigenvalue weighted by Gasteiger charge is 2.40. The molecule has 0 saturated carbocycles. The number of ether oxygens (including phenoxy) is 1. The summed E-state index contributed by atoms with van der Waals surface area (Å²) in [5, 5.41) is 2.75. The van der Waals surface area contributed by atoms with E-state index in [0.717, 1.165) is 0 Å². The van der Waals surface area contributed by atoms with E-state index >= 15 is 0 Å². The molecule has 1 unspecified atom stereocenters. The van der Waals surface area contributed by atoms with E-state index < -0.39 is 22.0 Å². The van der Waals surface area contributed by atoms with Gasteiger partial charge < -0.3 is 10.1 Å². The maximum atomic E-state index is 13.3. The number of benzene rings is 2. The zero-order chi connectivity index (χ0) is 21.2. The Balaban J connectivity index is 1.86. The van der Waals surface area contributed by atoms with Gasteiger partial charge in [0.05, 0.1) is 12.0 Å². The van der Waals surface area contributed by atoms with Gasteiger partial charge in [0.1, 0.15) is 11.8 Å². The van der Waals surface area contributed by atoms with Gasteiger partial charge in [-0.25, -0.2) is 8.42 Å². The SMILES string of the molecule is COc1ccc(C)c(S(=O)(=O)N2CCCC2C(=O)Nc2cccc(C(C)=O)c2)c1. The maximum absolute atomic E-state index is 13.3. The first-order valence-electron chi connectivity index (χ1n) is 9.32. The van der Waals surface area contributed by atoms with Crippen molar-refractivity contribution in [1.82, 2.24) is 4.31 Å². The maximum Gasteiger partial charge on any atom is 0.244 e. The Morgan fingerprint density at radius 1 is 1.17 bits per heavy atom. The van der Waals surface area contributed by atoms with Crippen LogP contribution in [0.2, 0.25) is 0 Å². The van der Waals surface area contributed by atoms with E-state index in [-0.39, 0.29) is 17.2 Å². The second-order valence-electron chi connectivity index (χ2n) is 7.03. The van der Waals surface area contributed by atoms with Crippen molar-refractivity contribution in [1.29, 1.82) is 0 Å². The molecule has 0 spiro atoms. The zero-order valence-corrected chi connectivity index (χ0v) is 17.5. The fourth-order valence-corrected chi connectivity index (χ4v) is 5.34. The molecule has 29 heavy (non-hydrogen) atoms. The average Bonchev–Trinajstić information content (AvgIpc) is 3.19. The number of carbonyl (C=O) groups is 2. The number of amides is 1. The van der Waals surface area contributed by atoms with E-state index in [2.05, 4.69) is 5.32 Å². The van der Waals surface area contributed by atoms with Crippen LogP contribution in [0.15, 0.2) is 47.4 Å². The minimum atomic E-state index is -3.87. The second kappa shape index (κ2) is 8.34. The monoisotopic (exact) mass is 416 g/mol. The molecule has 0 bridgehead atoms. The molecule has 1 heterocycles. The molecule has 2 aromatic carbocycles. The molecule has 8 heteroatoms. The highest BCUT2D eigenvalue weighted by atomic mass is 32.2. The predicted octanol–water partition coefficient (Wildman–Crippen LogP) is 3.00. The fourth-order valence-electron chi connectivity index (χ4n) is 3.44. The van der Waals surface area contributed by atoms with Crippen LogP contribution < -0.4 is 10.1 Å². The summed E-state index contributed by atoms with van der Waals surface area (Å²) in [6.07, 6.45) is 1.02. The number of hydrogen-bond donors (Lipinski definition) is 1. The number of hydrogen-bond acceptors (Lipinski definition) is 5. The van der Waals surface area contributed by atoms with Gasteiger partial charge in [0.2, 0.25) is 15.9 Å². The lowest BCUT2D eigenvalue weighted by molar-refractivity contribution is -0.119. The van der Waals surface area contributed by atoms with Crippen molar-refractivity contribution in [3.05, 3.63) is 53.6 Å². The molecule has 3 rings (SSSR count). The van der Waals surface area contributed by atoms with Crippen LogP contribution in [0.5, 0.6) is 5.75 Å². The van der Waals surface area contributed by atoms with Crippen LogP contribution in [0.4, 0.5) is 5.69 Å². The topological polar surface area (TPSA) is 92.8 Å². The summed E-state index contributed by atoms with van der Waals surface area (Å²) >= 11 is 0. The Hall–Kier alpha value is -2.71. The molecule has 1 N–H and O–H groups in total. The molecule has 1 aliphatic rings. The molecule has 0 aliphatic carbocycles. The van der Waals surface area contributed by atoms with Crippen LogP contribution in [-0.2, 0) is 14.8 Å². The van der Waals surface area contributed by atoms with Crippen LogP contribution in [0.25, 0.3) is 0 Å². The Labute approximate surface area is 170 Å². The van der Waals surface area contributed by atoms with Crippen molar-refractivity contribution in [3.63, 3.8) is 0 Å². The number of methoxy groups -OCH3 is 1. The quantitative estimate of drug-likeness (QED) is 0.731. The minimum absolute atomic E-state index is 0.111. The highest BCUT2D eigenvalue weighted by Crippen LogP contribution is 2.30. The first kappa shape index (κ1) is 21.0. The third-order valence-electron chi connectivity index (χ3n) is 5.02. The Bertz CT molecular complexity index is 1050. The minimum Gasteiger partial charge on any atom is -0.497 e. The molecule has 1 fully saturated rings. The standard InChI is InChI=1S/C21H24N2O5S/c1-14-9-10-18(28-3)13-20(14)29(26,27)23-11-5-8-19(23)21(25)22-17-7-4-6-16(12-17)15(2)24/h4,6-7,9-10,12-13,19H,5,8,11H2,1-3H3,(H,22,25). The van der Waals surface area contributed by atoms with Gasteiger partial charge >= 0.3 is 0 Å². The van der Waals surface area contributed by atoms with E-state index in [1.165, 1.54) is 24.4 Å². The second-order valence-corrected chi connectivity index (χ2v) is 8.89. The molecule has 1 atom stereocenters. The average molecular weight is 416 g/mol. The van der Waals surface area contributed by atoms with Crippen molar-refractivity contribution < 1.29 is 22.7 Å². The van der Waals surface area contributed by atoms with Crippen molar-refractivity contribution >= 4 is 27.4 Å². The molecule has 154 valence electrons. The Morgan fingerprint density at radius 2 is 1.93 bits per heavy atom. The molecule has 0 aromatic heterocycles. The number of ketones is 1. The van der Waals surface area contributed by atoms with E-state index in [1.54, 1.807) is 43.3 Å². The van der Waals surface area contributed by atoms with Crippen molar-refractivity contribution in [2.75, 3.05) is 19.0 Å². The van der Waals surface area contributed by atoms with Gasteiger partial charge in [-0.15, -0.1) is 0 Å². The van der Waals surface area contributed by atoms with Gasteiger partial charge in [-0.2, -0.15) is 4.31 Å². The van der Waals surface area contributed by atoms with Gasteiger partial charge in [0.15, 0.2) is 5.78 Å². The van der Waals surface area contributed by atoms with Crippen molar-refractivity contribution in [2.24, 2.45) is 0 Å². The summed E-state index contributed by atoms with van der Waals surface area (Å²) in [5.41, 5.74) is 1.53. The number of sulfonamides is 1. The van der Waals surface area contributed by atoms with Crippen LogP contribution >= 0.6 is 0 Å². The normalized spacial score (nSPS) is 17.1. The van der Waals surface area contributed by atoms with Crippen molar-refractivity contribution in [3.8, 4) is 5.75 Å². The Kier molecular flexibility index (Phi) is 6.04. The summed E-state index contributed by atoms with van der Waals surface area (Å²) in [4.78, 5) is 24.6. The summed E-state index contributed by atoms with van der Waals surface area (Å²) < 4.78 is 33.0. The zero-order valence-electron chi connectivity index (χ0n) is 16.6. The first-order valence-corrected chi connectivity index (χ1v) is 10.8. The third kappa shape index (κ3) is 4.33. The third-order valence-corrected chi connectivity index (χ3v) is 7.08. The number of aryl methyl sites for hydroxylation is 1. The molecule has 1 saturated heterocycles. The fraction of sp³-hybridized carbons (Fsp3) is 0.333. The molecule has 2 aromatic rings. The van der Waals surface area contributed by atoms with Gasteiger partial charge in [-0.1, -0.05) is 18.2 Å². The van der Waals surface area contributed by atoms with E-state index in [1.807, 2.05) is 0 Å². The number of Topliss-reactive ketones (excluding diaryl/α,β-unsaturated/α-hetero) is 1. The van der Waals surface area contributed by atoms with E-state index in [4.69, 9.17) is 4.74 Å². The van der Waals surface area contributed by atoms with Crippen LogP contribution in [0, 0.1) is 6.92 Å². The Morgan fingerprint density at radius 3 is 2.62 bits per heavy atom. The van der Waals surface area contributed by atoms with Crippen LogP contribution in [-0.4, -0.2) is 44.1 Å². The van der Waals surface area contributed by atoms with Crippen LogP contribution in [0.3, 0.4) is 0 Å². The number of nitrogens with zero attached hydrogens (tertiary/aromatic N) is 1. The number of carbonyl (C=O) groups excluding carboxylic acids is 2. The first-order chi connectivity index (χ1) is 13.7. The lowest BCUT2D eigenvalue weighted by atomic mass is 10.1. The van der Waals surface area contributed by atoms with Crippen LogP contribution in [0.1, 0.15) is 35.7 Å². The van der Waals surface area contributed by atoms with Gasteiger partial charge in [0, 0.05) is 23.9 Å². The summed E-state index contributed by atoms with van der Waals surface area (Å²) in [5.74, 6) is -0.0811. The van der Waals surface area contributed by atoms with Gasteiger partial charge in [-0.3, -0.25) is 9.59 Å². The van der Waals surface area contributed by atoms with Gasteiger partial charge in [-0.05, 0) is 50.5 Å². The number of rotatable bonds is 6. The molecular weight excluding hydrogens is 392 g/mol. The van der Waals surface area contributed by atoms with E-state index in [0.29, 0.717) is 35.4 Å². The molecule has 0 radical (unpaired) electrons. The summed E-state index contributed by atoms with van der Waals surface area (Å²) in [6, 6.07) is 10.6. The smallest absolute Gasteiger partial charge is 0.244 e. The number of nitrogens with one attached hydrogen (secondary N) is 1. The predicted molar refractivity (Wildman–Crippen MR) is 110 cm³/mol. The molecule has 7 nitrogen and oxygen atoms in total. The number of anilines is 1. The largest absolute Gasteiger partial charge is 0.497 e. The summed E-state index contributed by atoms with van der Waals surface area (Å²) in [6.45, 7) is 3.43. The lowest BCUT2D eigenvalue weighted by Crippen LogP contribution is -2.43. The lowest BCUT2D eigenvalue weighted by Gasteiger charge is -2.24.